The molecule has 0 saturated carbocycles. The van der Waals surface area contributed by atoms with Crippen molar-refractivity contribution in [3.63, 3.8) is 0 Å². The molecule has 1 rings (SSSR count). The van der Waals surface area contributed by atoms with Crippen LogP contribution in [-0.2, 0) is 9.59 Å². The van der Waals surface area contributed by atoms with Gasteiger partial charge in [0.05, 0.1) is 18.7 Å². The maximum Gasteiger partial charge on any atom is 0.303 e. The number of amides is 1. The van der Waals surface area contributed by atoms with Gasteiger partial charge in [-0.2, -0.15) is 0 Å². The van der Waals surface area contributed by atoms with Gasteiger partial charge in [-0.15, -0.1) is 0 Å². The maximum atomic E-state index is 11.8. The Morgan fingerprint density at radius 3 is 2.61 bits per heavy atom. The summed E-state index contributed by atoms with van der Waals surface area (Å²) in [6.45, 7) is 5.34. The summed E-state index contributed by atoms with van der Waals surface area (Å²) >= 11 is 0. The number of carboxylic acids is 1. The molecule has 100 valence electrons. The van der Waals surface area contributed by atoms with Crippen LogP contribution in [-0.4, -0.2) is 17.0 Å². The van der Waals surface area contributed by atoms with Crippen molar-refractivity contribution in [1.82, 2.24) is 5.32 Å². The second-order valence-corrected chi connectivity index (χ2v) is 5.22. The molecule has 1 aromatic rings. The first-order valence-corrected chi connectivity index (χ1v) is 5.85. The Morgan fingerprint density at radius 2 is 2.11 bits per heavy atom. The number of hydrogen-bond donors (Lipinski definition) is 2. The molecule has 0 spiro atoms. The van der Waals surface area contributed by atoms with Gasteiger partial charge in [0, 0.05) is 6.42 Å². The molecule has 0 saturated heterocycles. The Balaban J connectivity index is 2.49. The molecule has 0 fully saturated rings. The molecule has 5 nitrogen and oxygen atoms in total. The SMILES string of the molecule is CC(NC(=O)CC(C)(C)CC(=O)O)c1ccco1. The highest BCUT2D eigenvalue weighted by Crippen LogP contribution is 2.25. The van der Waals surface area contributed by atoms with Crippen molar-refractivity contribution < 1.29 is 19.1 Å². The molecule has 1 heterocycles. The fourth-order valence-electron chi connectivity index (χ4n) is 1.81. The lowest BCUT2D eigenvalue weighted by Gasteiger charge is -2.22. The molecule has 0 radical (unpaired) electrons. The normalized spacial score (nSPS) is 13.1. The largest absolute Gasteiger partial charge is 0.481 e. The van der Waals surface area contributed by atoms with Gasteiger partial charge in [-0.05, 0) is 24.5 Å². The molecular weight excluding hydrogens is 234 g/mol. The molecule has 1 unspecified atom stereocenters. The molecule has 18 heavy (non-hydrogen) atoms. The second-order valence-electron chi connectivity index (χ2n) is 5.22. The minimum atomic E-state index is -0.896. The summed E-state index contributed by atoms with van der Waals surface area (Å²) in [6, 6.07) is 3.33. The summed E-state index contributed by atoms with van der Waals surface area (Å²) in [7, 11) is 0. The Morgan fingerprint density at radius 1 is 1.44 bits per heavy atom. The molecule has 0 aliphatic heterocycles. The third kappa shape index (κ3) is 4.61. The fourth-order valence-corrected chi connectivity index (χ4v) is 1.81. The van der Waals surface area contributed by atoms with Crippen molar-refractivity contribution in [3.05, 3.63) is 24.2 Å². The number of carboxylic acid groups (broad SMARTS) is 1. The van der Waals surface area contributed by atoms with E-state index in [0.29, 0.717) is 5.76 Å². The quantitative estimate of drug-likeness (QED) is 0.815. The van der Waals surface area contributed by atoms with Crippen LogP contribution in [0.4, 0.5) is 0 Å². The first-order chi connectivity index (χ1) is 8.30. The lowest BCUT2D eigenvalue weighted by molar-refractivity contribution is -0.139. The van der Waals surface area contributed by atoms with E-state index >= 15 is 0 Å². The van der Waals surface area contributed by atoms with E-state index in [0.717, 1.165) is 0 Å². The zero-order valence-corrected chi connectivity index (χ0v) is 10.9. The molecule has 1 aromatic heterocycles. The van der Waals surface area contributed by atoms with E-state index in [2.05, 4.69) is 5.32 Å². The number of carbonyl (C=O) groups is 2. The third-order valence-electron chi connectivity index (χ3n) is 2.62. The summed E-state index contributed by atoms with van der Waals surface area (Å²) in [5.74, 6) is -0.392. The lowest BCUT2D eigenvalue weighted by Crippen LogP contribution is -2.31. The van der Waals surface area contributed by atoms with Crippen LogP contribution in [0, 0.1) is 5.41 Å². The highest BCUT2D eigenvalue weighted by molar-refractivity contribution is 5.78. The standard InChI is InChI=1S/C13H19NO4/c1-9(10-5-4-6-18-10)14-11(15)7-13(2,3)8-12(16)17/h4-6,9H,7-8H2,1-3H3,(H,14,15)(H,16,17). The van der Waals surface area contributed by atoms with E-state index in [1.807, 2.05) is 6.92 Å². The van der Waals surface area contributed by atoms with E-state index in [9.17, 15) is 9.59 Å². The van der Waals surface area contributed by atoms with Crippen LogP contribution in [0.25, 0.3) is 0 Å². The van der Waals surface area contributed by atoms with E-state index in [1.165, 1.54) is 0 Å². The van der Waals surface area contributed by atoms with Crippen molar-refractivity contribution in [3.8, 4) is 0 Å². The zero-order valence-electron chi connectivity index (χ0n) is 10.9. The highest BCUT2D eigenvalue weighted by atomic mass is 16.4. The molecule has 2 N–H and O–H groups in total. The number of nitrogens with one attached hydrogen (secondary N) is 1. The van der Waals surface area contributed by atoms with Gasteiger partial charge < -0.3 is 14.8 Å². The maximum absolute atomic E-state index is 11.8. The Bertz CT molecular complexity index is 409. The molecule has 0 aromatic carbocycles. The number of rotatable bonds is 6. The summed E-state index contributed by atoms with van der Waals surface area (Å²) in [4.78, 5) is 22.5. The number of hydrogen-bond acceptors (Lipinski definition) is 3. The molecule has 1 amide bonds. The fraction of sp³-hybridized carbons (Fsp3) is 0.538. The monoisotopic (exact) mass is 253 g/mol. The second kappa shape index (κ2) is 5.71. The van der Waals surface area contributed by atoms with Gasteiger partial charge in [0.1, 0.15) is 5.76 Å². The predicted molar refractivity (Wildman–Crippen MR) is 65.9 cm³/mol. The number of aliphatic carboxylic acids is 1. The molecular formula is C13H19NO4. The van der Waals surface area contributed by atoms with E-state index < -0.39 is 11.4 Å². The molecule has 0 bridgehead atoms. The molecule has 0 aliphatic rings. The zero-order chi connectivity index (χ0) is 13.8. The van der Waals surface area contributed by atoms with Gasteiger partial charge >= 0.3 is 5.97 Å². The lowest BCUT2D eigenvalue weighted by atomic mass is 9.85. The van der Waals surface area contributed by atoms with Gasteiger partial charge in [-0.3, -0.25) is 9.59 Å². The summed E-state index contributed by atoms with van der Waals surface area (Å²) in [6.07, 6.45) is 1.69. The molecule has 1 atom stereocenters. The van der Waals surface area contributed by atoms with Crippen LogP contribution in [0.2, 0.25) is 0 Å². The van der Waals surface area contributed by atoms with Gasteiger partial charge in [-0.1, -0.05) is 13.8 Å². The highest BCUT2D eigenvalue weighted by Gasteiger charge is 2.26. The molecule has 5 heteroatoms. The van der Waals surface area contributed by atoms with Crippen molar-refractivity contribution in [1.29, 1.82) is 0 Å². The van der Waals surface area contributed by atoms with Crippen LogP contribution in [0.1, 0.15) is 45.4 Å². The van der Waals surface area contributed by atoms with Crippen LogP contribution in [0.3, 0.4) is 0 Å². The van der Waals surface area contributed by atoms with E-state index in [1.54, 1.807) is 32.2 Å². The average Bonchev–Trinajstić information content (AvgIpc) is 2.65. The van der Waals surface area contributed by atoms with Gasteiger partial charge in [0.25, 0.3) is 0 Å². The first-order valence-electron chi connectivity index (χ1n) is 5.85. The molecule has 0 aliphatic carbocycles. The van der Waals surface area contributed by atoms with Gasteiger partial charge in [0.15, 0.2) is 0 Å². The number of furan rings is 1. The Kier molecular flexibility index (Phi) is 4.53. The third-order valence-corrected chi connectivity index (χ3v) is 2.62. The topological polar surface area (TPSA) is 79.5 Å². The summed E-state index contributed by atoms with van der Waals surface area (Å²) in [5, 5.41) is 11.5. The Hall–Kier alpha value is -1.78. The van der Waals surface area contributed by atoms with Crippen molar-refractivity contribution >= 4 is 11.9 Å². The van der Waals surface area contributed by atoms with Crippen molar-refractivity contribution in [2.24, 2.45) is 5.41 Å². The predicted octanol–water partition coefficient (Wildman–Crippen LogP) is 2.35. The smallest absolute Gasteiger partial charge is 0.303 e. The van der Waals surface area contributed by atoms with Crippen LogP contribution in [0.5, 0.6) is 0 Å². The van der Waals surface area contributed by atoms with Crippen LogP contribution >= 0.6 is 0 Å². The van der Waals surface area contributed by atoms with Crippen molar-refractivity contribution in [2.45, 2.75) is 39.7 Å². The first kappa shape index (κ1) is 14.3. The van der Waals surface area contributed by atoms with Gasteiger partial charge in [-0.25, -0.2) is 0 Å². The van der Waals surface area contributed by atoms with Crippen LogP contribution in [0.15, 0.2) is 22.8 Å². The Labute approximate surface area is 106 Å². The summed E-state index contributed by atoms with van der Waals surface area (Å²) < 4.78 is 5.18. The minimum absolute atomic E-state index is 0.0322. The summed E-state index contributed by atoms with van der Waals surface area (Å²) in [5.41, 5.74) is -0.557. The van der Waals surface area contributed by atoms with Gasteiger partial charge in [0.2, 0.25) is 5.91 Å². The van der Waals surface area contributed by atoms with E-state index in [-0.39, 0.29) is 24.8 Å². The van der Waals surface area contributed by atoms with Crippen molar-refractivity contribution in [2.75, 3.05) is 0 Å². The van der Waals surface area contributed by atoms with Crippen LogP contribution < -0.4 is 5.32 Å². The van der Waals surface area contributed by atoms with E-state index in [4.69, 9.17) is 9.52 Å². The number of carbonyl (C=O) groups excluding carboxylic acids is 1. The average molecular weight is 253 g/mol. The minimum Gasteiger partial charge on any atom is -0.481 e.